The lowest BCUT2D eigenvalue weighted by Gasteiger charge is -2.06. The van der Waals surface area contributed by atoms with Crippen LogP contribution in [0.1, 0.15) is 17.3 Å². The van der Waals surface area contributed by atoms with Crippen molar-refractivity contribution < 1.29 is 4.52 Å². The zero-order valence-electron chi connectivity index (χ0n) is 9.40. The minimum atomic E-state index is 0.664. The summed E-state index contributed by atoms with van der Waals surface area (Å²) in [4.78, 5) is 8.17. The van der Waals surface area contributed by atoms with Gasteiger partial charge in [-0.1, -0.05) is 5.16 Å². The van der Waals surface area contributed by atoms with Crippen molar-refractivity contribution >= 4 is 5.69 Å². The first-order valence-electron chi connectivity index (χ1n) is 5.19. The van der Waals surface area contributed by atoms with Gasteiger partial charge in [0.2, 0.25) is 5.89 Å². The number of nitrogens with zero attached hydrogens (tertiary/aromatic N) is 3. The van der Waals surface area contributed by atoms with Gasteiger partial charge >= 0.3 is 0 Å². The highest BCUT2D eigenvalue weighted by atomic mass is 16.5. The molecular formula is C11H14N4O. The second kappa shape index (κ2) is 4.74. The maximum atomic E-state index is 5.02. The van der Waals surface area contributed by atoms with E-state index in [-0.39, 0.29) is 0 Å². The Morgan fingerprint density at radius 2 is 2.25 bits per heavy atom. The summed E-state index contributed by atoms with van der Waals surface area (Å²) in [5.74, 6) is 1.34. The Balaban J connectivity index is 1.87. The minimum Gasteiger partial charge on any atom is -0.384 e. The van der Waals surface area contributed by atoms with Gasteiger partial charge in [0.15, 0.2) is 5.82 Å². The molecule has 16 heavy (non-hydrogen) atoms. The van der Waals surface area contributed by atoms with E-state index in [2.05, 4.69) is 20.4 Å². The zero-order valence-corrected chi connectivity index (χ0v) is 9.40. The average molecular weight is 218 g/mol. The summed E-state index contributed by atoms with van der Waals surface area (Å²) >= 11 is 0. The van der Waals surface area contributed by atoms with Gasteiger partial charge in [0.1, 0.15) is 0 Å². The van der Waals surface area contributed by atoms with Gasteiger partial charge in [0.05, 0.1) is 0 Å². The fourth-order valence-corrected chi connectivity index (χ4v) is 1.42. The third-order valence-corrected chi connectivity index (χ3v) is 2.24. The Hall–Kier alpha value is -1.91. The van der Waals surface area contributed by atoms with E-state index in [1.54, 1.807) is 6.20 Å². The van der Waals surface area contributed by atoms with Crippen LogP contribution in [0.3, 0.4) is 0 Å². The quantitative estimate of drug-likeness (QED) is 0.846. The van der Waals surface area contributed by atoms with E-state index in [1.807, 2.05) is 26.1 Å². The Morgan fingerprint density at radius 3 is 2.94 bits per heavy atom. The molecule has 0 fully saturated rings. The molecular weight excluding hydrogens is 204 g/mol. The summed E-state index contributed by atoms with van der Waals surface area (Å²) in [6, 6.07) is 1.95. The van der Waals surface area contributed by atoms with Crippen molar-refractivity contribution in [3.05, 3.63) is 35.7 Å². The molecule has 0 amide bonds. The first kappa shape index (κ1) is 10.6. The molecule has 2 aromatic rings. The van der Waals surface area contributed by atoms with Gasteiger partial charge in [0, 0.05) is 31.0 Å². The van der Waals surface area contributed by atoms with Gasteiger partial charge in [-0.15, -0.1) is 0 Å². The third kappa shape index (κ3) is 2.56. The van der Waals surface area contributed by atoms with Crippen molar-refractivity contribution in [1.29, 1.82) is 0 Å². The lowest BCUT2D eigenvalue weighted by molar-refractivity contribution is 0.377. The second-order valence-corrected chi connectivity index (χ2v) is 3.60. The highest BCUT2D eigenvalue weighted by Gasteiger charge is 2.02. The molecule has 0 aliphatic rings. The van der Waals surface area contributed by atoms with Crippen LogP contribution in [0.15, 0.2) is 23.0 Å². The molecule has 5 heteroatoms. The summed E-state index contributed by atoms with van der Waals surface area (Å²) in [6.45, 7) is 4.60. The van der Waals surface area contributed by atoms with Crippen LogP contribution in [0.4, 0.5) is 5.69 Å². The van der Waals surface area contributed by atoms with Crippen LogP contribution >= 0.6 is 0 Å². The van der Waals surface area contributed by atoms with Gasteiger partial charge in [-0.3, -0.25) is 4.98 Å². The fraction of sp³-hybridized carbons (Fsp3) is 0.364. The first-order chi connectivity index (χ1) is 7.75. The van der Waals surface area contributed by atoms with E-state index in [4.69, 9.17) is 4.52 Å². The van der Waals surface area contributed by atoms with E-state index in [0.717, 1.165) is 24.2 Å². The van der Waals surface area contributed by atoms with Crippen LogP contribution in [-0.2, 0) is 6.42 Å². The highest BCUT2D eigenvalue weighted by molar-refractivity contribution is 5.48. The Bertz CT molecular complexity index is 467. The molecule has 0 saturated carbocycles. The zero-order chi connectivity index (χ0) is 11.4. The van der Waals surface area contributed by atoms with Crippen molar-refractivity contribution in [3.8, 4) is 0 Å². The van der Waals surface area contributed by atoms with Gasteiger partial charge in [0.25, 0.3) is 0 Å². The molecule has 0 aromatic carbocycles. The molecule has 2 heterocycles. The molecule has 2 rings (SSSR count). The Kier molecular flexibility index (Phi) is 3.14. The fourth-order valence-electron chi connectivity index (χ4n) is 1.42. The maximum Gasteiger partial charge on any atom is 0.228 e. The third-order valence-electron chi connectivity index (χ3n) is 2.24. The van der Waals surface area contributed by atoms with Crippen molar-refractivity contribution in [2.75, 3.05) is 11.9 Å². The predicted molar refractivity (Wildman–Crippen MR) is 60.2 cm³/mol. The van der Waals surface area contributed by atoms with E-state index in [9.17, 15) is 0 Å². The molecule has 2 aromatic heterocycles. The number of rotatable bonds is 4. The normalized spacial score (nSPS) is 10.4. The standard InChI is InChI=1S/C11H14N4O/c1-8-7-12-5-3-10(8)13-6-4-11-14-9(2)15-16-11/h3,5,7H,4,6H2,1-2H3,(H,12,13). The van der Waals surface area contributed by atoms with Gasteiger partial charge in [-0.25, -0.2) is 0 Å². The summed E-state index contributed by atoms with van der Waals surface area (Å²) in [5.41, 5.74) is 2.22. The molecule has 0 spiro atoms. The topological polar surface area (TPSA) is 63.8 Å². The SMILES string of the molecule is Cc1noc(CCNc2ccncc2C)n1. The van der Waals surface area contributed by atoms with Gasteiger partial charge < -0.3 is 9.84 Å². The highest BCUT2D eigenvalue weighted by Crippen LogP contribution is 2.11. The van der Waals surface area contributed by atoms with Crippen molar-refractivity contribution in [2.45, 2.75) is 20.3 Å². The molecule has 0 aliphatic heterocycles. The second-order valence-electron chi connectivity index (χ2n) is 3.60. The van der Waals surface area contributed by atoms with Crippen molar-refractivity contribution in [3.63, 3.8) is 0 Å². The van der Waals surface area contributed by atoms with E-state index in [1.165, 1.54) is 0 Å². The molecule has 1 N–H and O–H groups in total. The average Bonchev–Trinajstić information content (AvgIpc) is 2.67. The largest absolute Gasteiger partial charge is 0.384 e. The number of hydrogen-bond acceptors (Lipinski definition) is 5. The van der Waals surface area contributed by atoms with Gasteiger partial charge in [-0.05, 0) is 25.5 Å². The van der Waals surface area contributed by atoms with Gasteiger partial charge in [-0.2, -0.15) is 4.98 Å². The van der Waals surface area contributed by atoms with Crippen LogP contribution in [0.25, 0.3) is 0 Å². The number of hydrogen-bond donors (Lipinski definition) is 1. The molecule has 84 valence electrons. The van der Waals surface area contributed by atoms with Crippen LogP contribution < -0.4 is 5.32 Å². The number of anilines is 1. The molecule has 0 unspecified atom stereocenters. The maximum absolute atomic E-state index is 5.02. The van der Waals surface area contributed by atoms with E-state index < -0.39 is 0 Å². The van der Waals surface area contributed by atoms with Crippen LogP contribution in [-0.4, -0.2) is 21.7 Å². The first-order valence-corrected chi connectivity index (χ1v) is 5.19. The minimum absolute atomic E-state index is 0.664. The summed E-state index contributed by atoms with van der Waals surface area (Å²) in [7, 11) is 0. The Morgan fingerprint density at radius 1 is 1.38 bits per heavy atom. The number of nitrogens with one attached hydrogen (secondary N) is 1. The number of aromatic nitrogens is 3. The summed E-state index contributed by atoms with van der Waals surface area (Å²) in [6.07, 6.45) is 4.33. The predicted octanol–water partition coefficient (Wildman–Crippen LogP) is 1.74. The van der Waals surface area contributed by atoms with Crippen LogP contribution in [0.2, 0.25) is 0 Å². The lowest BCUT2D eigenvalue weighted by Crippen LogP contribution is -2.06. The van der Waals surface area contributed by atoms with E-state index >= 15 is 0 Å². The molecule has 0 radical (unpaired) electrons. The molecule has 0 aliphatic carbocycles. The molecule has 0 atom stereocenters. The van der Waals surface area contributed by atoms with E-state index in [0.29, 0.717) is 11.7 Å². The molecule has 5 nitrogen and oxygen atoms in total. The smallest absolute Gasteiger partial charge is 0.228 e. The van der Waals surface area contributed by atoms with Crippen molar-refractivity contribution in [1.82, 2.24) is 15.1 Å². The monoisotopic (exact) mass is 218 g/mol. The molecule has 0 saturated heterocycles. The van der Waals surface area contributed by atoms with Crippen LogP contribution in [0, 0.1) is 13.8 Å². The Labute approximate surface area is 93.9 Å². The van der Waals surface area contributed by atoms with Crippen molar-refractivity contribution in [2.24, 2.45) is 0 Å². The number of pyridine rings is 1. The lowest BCUT2D eigenvalue weighted by atomic mass is 10.2. The van der Waals surface area contributed by atoms with Crippen LogP contribution in [0.5, 0.6) is 0 Å². The summed E-state index contributed by atoms with van der Waals surface area (Å²) < 4.78 is 5.02. The number of aryl methyl sites for hydroxylation is 2. The summed E-state index contributed by atoms with van der Waals surface area (Å²) in [5, 5.41) is 7.04. The molecule has 0 bridgehead atoms.